The summed E-state index contributed by atoms with van der Waals surface area (Å²) in [6.45, 7) is 1.89. The van der Waals surface area contributed by atoms with Crippen LogP contribution >= 0.6 is 11.3 Å². The van der Waals surface area contributed by atoms with E-state index in [2.05, 4.69) is 10.6 Å². The van der Waals surface area contributed by atoms with Crippen LogP contribution in [0.4, 0.5) is 10.1 Å². The molecule has 3 rings (SSSR count). The Kier molecular flexibility index (Phi) is 6.92. The number of halogens is 1. The molecule has 4 nitrogen and oxygen atoms in total. The van der Waals surface area contributed by atoms with Crippen molar-refractivity contribution in [3.05, 3.63) is 83.0 Å². The number of thiophene rings is 1. The van der Waals surface area contributed by atoms with Gasteiger partial charge in [-0.25, -0.2) is 4.39 Å². The SMILES string of the molecule is CCc1ccccc1NC(=O)CNC(=O)/C=C/c1ccc(-c2ccccc2F)s1. The van der Waals surface area contributed by atoms with Gasteiger partial charge in [-0.1, -0.05) is 43.3 Å². The van der Waals surface area contributed by atoms with Crippen LogP contribution in [0.5, 0.6) is 0 Å². The number of carbonyl (C=O) groups is 2. The average molecular weight is 408 g/mol. The van der Waals surface area contributed by atoms with Gasteiger partial charge < -0.3 is 10.6 Å². The summed E-state index contributed by atoms with van der Waals surface area (Å²) in [5.74, 6) is -0.936. The lowest BCUT2D eigenvalue weighted by Gasteiger charge is -2.09. The molecule has 1 aromatic heterocycles. The second-order valence-electron chi connectivity index (χ2n) is 6.29. The molecule has 2 aromatic carbocycles. The second-order valence-corrected chi connectivity index (χ2v) is 7.41. The summed E-state index contributed by atoms with van der Waals surface area (Å²) >= 11 is 1.39. The number of nitrogens with one attached hydrogen (secondary N) is 2. The third kappa shape index (κ3) is 5.62. The van der Waals surface area contributed by atoms with Crippen LogP contribution in [-0.2, 0) is 16.0 Å². The largest absolute Gasteiger partial charge is 0.343 e. The van der Waals surface area contributed by atoms with Gasteiger partial charge in [-0.05, 0) is 42.3 Å². The minimum Gasteiger partial charge on any atom is -0.343 e. The molecule has 6 heteroatoms. The first-order chi connectivity index (χ1) is 14.1. The highest BCUT2D eigenvalue weighted by Gasteiger charge is 2.08. The lowest BCUT2D eigenvalue weighted by Crippen LogP contribution is -2.31. The van der Waals surface area contributed by atoms with Gasteiger partial charge in [0.25, 0.3) is 0 Å². The van der Waals surface area contributed by atoms with Crippen molar-refractivity contribution in [2.75, 3.05) is 11.9 Å². The van der Waals surface area contributed by atoms with Crippen LogP contribution in [0.25, 0.3) is 16.5 Å². The molecule has 148 valence electrons. The van der Waals surface area contributed by atoms with Crippen molar-refractivity contribution in [1.82, 2.24) is 5.32 Å². The summed E-state index contributed by atoms with van der Waals surface area (Å²) in [7, 11) is 0. The van der Waals surface area contributed by atoms with Crippen LogP contribution in [0, 0.1) is 5.82 Å². The van der Waals surface area contributed by atoms with Crippen LogP contribution in [0.3, 0.4) is 0 Å². The Morgan fingerprint density at radius 3 is 2.59 bits per heavy atom. The van der Waals surface area contributed by atoms with Gasteiger partial charge >= 0.3 is 0 Å². The first kappa shape index (κ1) is 20.5. The van der Waals surface area contributed by atoms with Gasteiger partial charge in [0.15, 0.2) is 0 Å². The van der Waals surface area contributed by atoms with E-state index in [-0.39, 0.29) is 24.2 Å². The molecule has 29 heavy (non-hydrogen) atoms. The Hall–Kier alpha value is -3.25. The van der Waals surface area contributed by atoms with Crippen molar-refractivity contribution < 1.29 is 14.0 Å². The molecule has 0 fully saturated rings. The number of carbonyl (C=O) groups excluding carboxylic acids is 2. The van der Waals surface area contributed by atoms with Crippen molar-refractivity contribution in [1.29, 1.82) is 0 Å². The smallest absolute Gasteiger partial charge is 0.244 e. The van der Waals surface area contributed by atoms with E-state index in [1.807, 2.05) is 43.3 Å². The van der Waals surface area contributed by atoms with Crippen molar-refractivity contribution in [2.45, 2.75) is 13.3 Å². The van der Waals surface area contributed by atoms with Gasteiger partial charge in [-0.2, -0.15) is 0 Å². The predicted octanol–water partition coefficient (Wildman–Crippen LogP) is 4.88. The molecule has 3 aromatic rings. The van der Waals surface area contributed by atoms with Crippen LogP contribution in [0.15, 0.2) is 66.7 Å². The van der Waals surface area contributed by atoms with E-state index in [0.29, 0.717) is 5.56 Å². The zero-order chi connectivity index (χ0) is 20.6. The van der Waals surface area contributed by atoms with Gasteiger partial charge in [-0.3, -0.25) is 9.59 Å². The summed E-state index contributed by atoms with van der Waals surface area (Å²) in [6.07, 6.45) is 3.82. The predicted molar refractivity (Wildman–Crippen MR) is 116 cm³/mol. The Labute approximate surface area is 173 Å². The molecule has 0 aliphatic heterocycles. The molecule has 0 unspecified atom stereocenters. The monoisotopic (exact) mass is 408 g/mol. The molecule has 2 N–H and O–H groups in total. The quantitative estimate of drug-likeness (QED) is 0.547. The molecule has 0 aliphatic rings. The first-order valence-corrected chi connectivity index (χ1v) is 10.1. The van der Waals surface area contributed by atoms with E-state index in [9.17, 15) is 14.0 Å². The number of aryl methyl sites for hydroxylation is 1. The molecular weight excluding hydrogens is 387 g/mol. The minimum absolute atomic E-state index is 0.119. The highest BCUT2D eigenvalue weighted by Crippen LogP contribution is 2.30. The zero-order valence-corrected chi connectivity index (χ0v) is 16.8. The number of benzene rings is 2. The Balaban J connectivity index is 1.52. The average Bonchev–Trinajstić information content (AvgIpc) is 3.20. The van der Waals surface area contributed by atoms with E-state index >= 15 is 0 Å². The molecular formula is C23H21FN2O2S. The summed E-state index contributed by atoms with van der Waals surface area (Å²) in [5, 5.41) is 5.37. The van der Waals surface area contributed by atoms with Crippen LogP contribution in [-0.4, -0.2) is 18.4 Å². The van der Waals surface area contributed by atoms with Gasteiger partial charge in [0.05, 0.1) is 6.54 Å². The molecule has 0 spiro atoms. The highest BCUT2D eigenvalue weighted by molar-refractivity contribution is 7.16. The van der Waals surface area contributed by atoms with Crippen LogP contribution in [0.2, 0.25) is 0 Å². The third-order valence-electron chi connectivity index (χ3n) is 4.26. The molecule has 0 saturated carbocycles. The van der Waals surface area contributed by atoms with Gasteiger partial charge in [0, 0.05) is 27.1 Å². The fourth-order valence-electron chi connectivity index (χ4n) is 2.78. The Morgan fingerprint density at radius 2 is 1.79 bits per heavy atom. The Bertz CT molecular complexity index is 1040. The minimum atomic E-state index is -0.371. The summed E-state index contributed by atoms with van der Waals surface area (Å²) in [5.41, 5.74) is 2.32. The summed E-state index contributed by atoms with van der Waals surface area (Å²) in [4.78, 5) is 25.7. The fourth-order valence-corrected chi connectivity index (χ4v) is 3.71. The number of anilines is 1. The van der Waals surface area contributed by atoms with E-state index in [4.69, 9.17) is 0 Å². The lowest BCUT2D eigenvalue weighted by molar-refractivity contribution is -0.121. The maximum Gasteiger partial charge on any atom is 0.244 e. The molecule has 2 amide bonds. The molecule has 0 bridgehead atoms. The van der Waals surface area contributed by atoms with Gasteiger partial charge in [-0.15, -0.1) is 11.3 Å². The van der Waals surface area contributed by atoms with Gasteiger partial charge in [0.2, 0.25) is 11.8 Å². The molecule has 0 radical (unpaired) electrons. The number of hydrogen-bond donors (Lipinski definition) is 2. The first-order valence-electron chi connectivity index (χ1n) is 9.25. The van der Waals surface area contributed by atoms with Crippen molar-refractivity contribution in [3.63, 3.8) is 0 Å². The van der Waals surface area contributed by atoms with E-state index < -0.39 is 0 Å². The molecule has 0 atom stereocenters. The third-order valence-corrected chi connectivity index (χ3v) is 5.34. The summed E-state index contributed by atoms with van der Waals surface area (Å²) < 4.78 is 13.9. The number of para-hydroxylation sites is 1. The summed E-state index contributed by atoms with van der Waals surface area (Å²) in [6, 6.07) is 17.8. The highest BCUT2D eigenvalue weighted by atomic mass is 32.1. The van der Waals surface area contributed by atoms with Gasteiger partial charge in [0.1, 0.15) is 5.82 Å². The number of amides is 2. The maximum absolute atomic E-state index is 13.9. The molecule has 1 heterocycles. The van der Waals surface area contributed by atoms with Crippen molar-refractivity contribution >= 4 is 34.9 Å². The fraction of sp³-hybridized carbons (Fsp3) is 0.130. The van der Waals surface area contributed by atoms with Crippen LogP contribution < -0.4 is 10.6 Å². The Morgan fingerprint density at radius 1 is 1.03 bits per heavy atom. The second kappa shape index (κ2) is 9.80. The maximum atomic E-state index is 13.9. The topological polar surface area (TPSA) is 58.2 Å². The van der Waals surface area contributed by atoms with E-state index in [1.54, 1.807) is 24.3 Å². The zero-order valence-electron chi connectivity index (χ0n) is 15.9. The lowest BCUT2D eigenvalue weighted by atomic mass is 10.1. The van der Waals surface area contributed by atoms with E-state index in [0.717, 1.165) is 27.4 Å². The van der Waals surface area contributed by atoms with Crippen LogP contribution in [0.1, 0.15) is 17.4 Å². The standard InChI is InChI=1S/C23H21FN2O2S/c1-2-16-7-3-6-10-20(16)26-23(28)15-25-22(27)14-12-17-11-13-21(29-17)18-8-4-5-9-19(18)24/h3-14H,2,15H2,1H3,(H,25,27)(H,26,28)/b14-12+. The van der Waals surface area contributed by atoms with Crippen molar-refractivity contribution in [3.8, 4) is 10.4 Å². The molecule has 0 saturated heterocycles. The van der Waals surface area contributed by atoms with E-state index in [1.165, 1.54) is 23.5 Å². The van der Waals surface area contributed by atoms with Crippen molar-refractivity contribution in [2.24, 2.45) is 0 Å². The normalized spacial score (nSPS) is 10.8. The number of rotatable bonds is 7. The number of hydrogen-bond acceptors (Lipinski definition) is 3. The molecule has 0 aliphatic carbocycles.